The Labute approximate surface area is 166 Å². The summed E-state index contributed by atoms with van der Waals surface area (Å²) < 4.78 is 46.2. The van der Waals surface area contributed by atoms with Gasteiger partial charge in [0.05, 0.1) is 24.4 Å². The molecule has 0 aromatic heterocycles. The highest BCUT2D eigenvalue weighted by Crippen LogP contribution is 2.39. The zero-order valence-electron chi connectivity index (χ0n) is 15.8. The third kappa shape index (κ3) is 3.80. The molecular formula is C21H20F3N3O2. The van der Waals surface area contributed by atoms with Crippen molar-refractivity contribution in [3.8, 4) is 0 Å². The second kappa shape index (κ2) is 7.44. The van der Waals surface area contributed by atoms with Crippen molar-refractivity contribution in [2.24, 2.45) is 0 Å². The predicted octanol–water partition coefficient (Wildman–Crippen LogP) is 4.26. The molecule has 0 saturated carbocycles. The fourth-order valence-electron chi connectivity index (χ4n) is 3.66. The van der Waals surface area contributed by atoms with Crippen LogP contribution in [0, 0.1) is 6.92 Å². The molecule has 8 heteroatoms. The lowest BCUT2D eigenvalue weighted by Crippen LogP contribution is -2.37. The van der Waals surface area contributed by atoms with Crippen molar-refractivity contribution in [1.82, 2.24) is 0 Å². The number of anilines is 3. The second-order valence-electron chi connectivity index (χ2n) is 6.98. The van der Waals surface area contributed by atoms with Gasteiger partial charge in [-0.25, -0.2) is 0 Å². The lowest BCUT2D eigenvalue weighted by molar-refractivity contribution is -0.137. The van der Waals surface area contributed by atoms with Gasteiger partial charge in [0.2, 0.25) is 0 Å². The average Bonchev–Trinajstić information content (AvgIpc) is 3.02. The third-order valence-corrected chi connectivity index (χ3v) is 5.07. The highest BCUT2D eigenvalue weighted by Gasteiger charge is 2.35. The molecule has 2 aromatic carbocycles. The predicted molar refractivity (Wildman–Crippen MR) is 106 cm³/mol. The maximum Gasteiger partial charge on any atom is 0.418 e. The number of nitrogens with zero attached hydrogens (tertiary/aromatic N) is 1. The maximum absolute atomic E-state index is 13.7. The van der Waals surface area contributed by atoms with E-state index in [-0.39, 0.29) is 17.3 Å². The number of benzene rings is 2. The van der Waals surface area contributed by atoms with Crippen LogP contribution in [0.2, 0.25) is 0 Å². The first kappa shape index (κ1) is 19.3. The van der Waals surface area contributed by atoms with E-state index in [1.807, 2.05) is 19.1 Å². The van der Waals surface area contributed by atoms with Crippen LogP contribution in [0.4, 0.5) is 30.2 Å². The van der Waals surface area contributed by atoms with Gasteiger partial charge in [0.1, 0.15) is 0 Å². The summed E-state index contributed by atoms with van der Waals surface area (Å²) in [7, 11) is 0. The number of fused-ring (bicyclic) bond motifs is 1. The Morgan fingerprint density at radius 3 is 2.66 bits per heavy atom. The fraction of sp³-hybridized carbons (Fsp3) is 0.286. The first-order valence-corrected chi connectivity index (χ1v) is 9.26. The van der Waals surface area contributed by atoms with Crippen molar-refractivity contribution in [3.05, 3.63) is 59.3 Å². The molecule has 1 amide bonds. The fourth-order valence-corrected chi connectivity index (χ4v) is 3.66. The van der Waals surface area contributed by atoms with Crippen LogP contribution in [0.5, 0.6) is 0 Å². The Morgan fingerprint density at radius 2 is 1.93 bits per heavy atom. The number of hydrogen-bond donors (Lipinski definition) is 2. The van der Waals surface area contributed by atoms with Crippen molar-refractivity contribution in [2.75, 3.05) is 41.8 Å². The number of hydrogen-bond acceptors (Lipinski definition) is 4. The van der Waals surface area contributed by atoms with Gasteiger partial charge >= 0.3 is 6.18 Å². The van der Waals surface area contributed by atoms with E-state index in [0.29, 0.717) is 37.6 Å². The largest absolute Gasteiger partial charge is 0.418 e. The van der Waals surface area contributed by atoms with Crippen molar-refractivity contribution >= 4 is 28.5 Å². The van der Waals surface area contributed by atoms with Crippen LogP contribution in [-0.2, 0) is 15.7 Å². The summed E-state index contributed by atoms with van der Waals surface area (Å²) >= 11 is 0. The van der Waals surface area contributed by atoms with E-state index in [1.54, 1.807) is 17.0 Å². The van der Waals surface area contributed by atoms with Crippen molar-refractivity contribution < 1.29 is 22.7 Å². The molecule has 0 aliphatic carbocycles. The number of carbonyl (C=O) groups is 1. The van der Waals surface area contributed by atoms with Crippen LogP contribution in [0.25, 0.3) is 5.57 Å². The Hall–Kier alpha value is -3.00. The summed E-state index contributed by atoms with van der Waals surface area (Å²) in [6.07, 6.45) is -3.04. The van der Waals surface area contributed by atoms with E-state index in [1.165, 1.54) is 12.3 Å². The standard InChI is InChI=1S/C21H20F3N3O2/c1-13-3-2-4-17-19(13)15(20(28)26-17)12-25-14-5-6-18(16(11-14)21(22,23)24)27-7-9-29-10-8-27/h2-6,11-12,25H,7-10H2,1H3,(H,26,28)/b15-12+. The molecule has 2 aliphatic heterocycles. The van der Waals surface area contributed by atoms with Gasteiger partial charge in [0, 0.05) is 41.9 Å². The Balaban J connectivity index is 1.65. The number of carbonyl (C=O) groups excluding carboxylic acids is 1. The molecule has 152 valence electrons. The van der Waals surface area contributed by atoms with Gasteiger partial charge in [-0.15, -0.1) is 0 Å². The molecule has 0 spiro atoms. The SMILES string of the molecule is Cc1cccc2c1/C(=C\Nc1ccc(N3CCOCC3)c(C(F)(F)F)c1)C(=O)N2. The lowest BCUT2D eigenvalue weighted by atomic mass is 10.0. The van der Waals surface area contributed by atoms with E-state index < -0.39 is 11.7 Å². The van der Waals surface area contributed by atoms with Crippen LogP contribution in [0.3, 0.4) is 0 Å². The van der Waals surface area contributed by atoms with E-state index in [2.05, 4.69) is 10.6 Å². The van der Waals surface area contributed by atoms with Crippen LogP contribution < -0.4 is 15.5 Å². The molecule has 0 unspecified atom stereocenters. The zero-order valence-corrected chi connectivity index (χ0v) is 15.8. The number of morpholine rings is 1. The molecule has 2 heterocycles. The van der Waals surface area contributed by atoms with Crippen molar-refractivity contribution in [1.29, 1.82) is 0 Å². The Kier molecular flexibility index (Phi) is 4.96. The first-order valence-electron chi connectivity index (χ1n) is 9.26. The summed E-state index contributed by atoms with van der Waals surface area (Å²) in [4.78, 5) is 14.0. The molecule has 1 fully saturated rings. The molecular weight excluding hydrogens is 383 g/mol. The zero-order chi connectivity index (χ0) is 20.6. The summed E-state index contributed by atoms with van der Waals surface area (Å²) in [6, 6.07) is 9.63. The average molecular weight is 403 g/mol. The molecule has 5 nitrogen and oxygen atoms in total. The highest BCUT2D eigenvalue weighted by atomic mass is 19.4. The van der Waals surface area contributed by atoms with Gasteiger partial charge in [-0.05, 0) is 36.8 Å². The highest BCUT2D eigenvalue weighted by molar-refractivity contribution is 6.32. The van der Waals surface area contributed by atoms with Crippen LogP contribution in [-0.4, -0.2) is 32.2 Å². The van der Waals surface area contributed by atoms with Crippen LogP contribution >= 0.6 is 0 Å². The van der Waals surface area contributed by atoms with Gasteiger partial charge in [0.15, 0.2) is 0 Å². The monoisotopic (exact) mass is 403 g/mol. The molecule has 29 heavy (non-hydrogen) atoms. The van der Waals surface area contributed by atoms with Gasteiger partial charge in [-0.1, -0.05) is 12.1 Å². The minimum atomic E-state index is -4.49. The molecule has 2 N–H and O–H groups in total. The normalized spacial score (nSPS) is 18.0. The van der Waals surface area contributed by atoms with Gasteiger partial charge in [-0.2, -0.15) is 13.2 Å². The Morgan fingerprint density at radius 1 is 1.17 bits per heavy atom. The molecule has 0 atom stereocenters. The molecule has 2 aliphatic rings. The topological polar surface area (TPSA) is 53.6 Å². The molecule has 2 aromatic rings. The summed E-state index contributed by atoms with van der Waals surface area (Å²) in [5, 5.41) is 5.63. The summed E-state index contributed by atoms with van der Waals surface area (Å²) in [6.45, 7) is 3.51. The number of rotatable bonds is 3. The summed E-state index contributed by atoms with van der Waals surface area (Å²) in [5.74, 6) is -0.289. The minimum Gasteiger partial charge on any atom is -0.378 e. The van der Waals surface area contributed by atoms with E-state index in [4.69, 9.17) is 4.74 Å². The van der Waals surface area contributed by atoms with Crippen molar-refractivity contribution in [3.63, 3.8) is 0 Å². The second-order valence-corrected chi connectivity index (χ2v) is 6.98. The van der Waals surface area contributed by atoms with E-state index in [0.717, 1.165) is 17.2 Å². The van der Waals surface area contributed by atoms with E-state index in [9.17, 15) is 18.0 Å². The van der Waals surface area contributed by atoms with Crippen LogP contribution in [0.15, 0.2) is 42.6 Å². The smallest absolute Gasteiger partial charge is 0.378 e. The third-order valence-electron chi connectivity index (χ3n) is 5.07. The lowest BCUT2D eigenvalue weighted by Gasteiger charge is -2.31. The molecule has 0 radical (unpaired) electrons. The molecule has 0 bridgehead atoms. The first-order chi connectivity index (χ1) is 13.8. The van der Waals surface area contributed by atoms with Crippen molar-refractivity contribution in [2.45, 2.75) is 13.1 Å². The minimum absolute atomic E-state index is 0.138. The molecule has 1 saturated heterocycles. The number of alkyl halides is 3. The maximum atomic E-state index is 13.7. The van der Waals surface area contributed by atoms with Gasteiger partial charge in [-0.3, -0.25) is 4.79 Å². The number of amides is 1. The number of nitrogens with one attached hydrogen (secondary N) is 2. The Bertz CT molecular complexity index is 980. The van der Waals surface area contributed by atoms with Crippen LogP contribution in [0.1, 0.15) is 16.7 Å². The number of ether oxygens (including phenoxy) is 1. The van der Waals surface area contributed by atoms with Gasteiger partial charge < -0.3 is 20.3 Å². The molecule has 4 rings (SSSR count). The van der Waals surface area contributed by atoms with E-state index >= 15 is 0 Å². The quantitative estimate of drug-likeness (QED) is 0.753. The van der Waals surface area contributed by atoms with Gasteiger partial charge in [0.25, 0.3) is 5.91 Å². The number of halogens is 3. The summed E-state index contributed by atoms with van der Waals surface area (Å²) in [5.41, 5.74) is 2.44. The number of aryl methyl sites for hydroxylation is 1.